The lowest BCUT2D eigenvalue weighted by molar-refractivity contribution is -0.385. The van der Waals surface area contributed by atoms with Crippen LogP contribution in [0, 0.1) is 15.9 Å². The standard InChI is InChI=1S/C13H11FN2O3S/c14-10-1-6-13(16(17)18)9(7-10)8-20(19)12-4-2-11(15)3-5-12/h1-7H,8,15H2. The first-order valence-corrected chi connectivity index (χ1v) is 6.96. The molecule has 0 aliphatic rings. The zero-order chi connectivity index (χ0) is 14.7. The van der Waals surface area contributed by atoms with Crippen LogP contribution in [0.5, 0.6) is 0 Å². The second kappa shape index (κ2) is 5.79. The van der Waals surface area contributed by atoms with Crippen LogP contribution in [0.25, 0.3) is 0 Å². The van der Waals surface area contributed by atoms with Gasteiger partial charge in [0.2, 0.25) is 0 Å². The van der Waals surface area contributed by atoms with Crippen LogP contribution in [-0.2, 0) is 16.6 Å². The van der Waals surface area contributed by atoms with E-state index in [2.05, 4.69) is 0 Å². The Hall–Kier alpha value is -2.28. The number of hydrogen-bond acceptors (Lipinski definition) is 4. The number of anilines is 1. The van der Waals surface area contributed by atoms with Crippen LogP contribution in [-0.4, -0.2) is 9.13 Å². The van der Waals surface area contributed by atoms with Gasteiger partial charge in [-0.25, -0.2) is 4.39 Å². The molecule has 7 heteroatoms. The number of nitrogens with two attached hydrogens (primary N) is 1. The van der Waals surface area contributed by atoms with E-state index in [0.717, 1.165) is 18.2 Å². The Labute approximate surface area is 116 Å². The summed E-state index contributed by atoms with van der Waals surface area (Å²) in [5.41, 5.74) is 5.92. The van der Waals surface area contributed by atoms with Crippen molar-refractivity contribution in [2.75, 3.05) is 5.73 Å². The Balaban J connectivity index is 2.29. The monoisotopic (exact) mass is 294 g/mol. The number of halogens is 1. The molecule has 0 aliphatic heterocycles. The number of nitrogen functional groups attached to an aromatic ring is 1. The Kier molecular flexibility index (Phi) is 4.09. The predicted molar refractivity (Wildman–Crippen MR) is 74.0 cm³/mol. The Morgan fingerprint density at radius 1 is 1.20 bits per heavy atom. The summed E-state index contributed by atoms with van der Waals surface area (Å²) in [4.78, 5) is 10.7. The van der Waals surface area contributed by atoms with Crippen molar-refractivity contribution < 1.29 is 13.5 Å². The van der Waals surface area contributed by atoms with E-state index in [-0.39, 0.29) is 17.0 Å². The molecule has 2 aromatic carbocycles. The maximum atomic E-state index is 13.2. The average molecular weight is 294 g/mol. The van der Waals surface area contributed by atoms with Crippen molar-refractivity contribution in [2.45, 2.75) is 10.6 Å². The van der Waals surface area contributed by atoms with E-state index in [0.29, 0.717) is 10.6 Å². The fourth-order valence-corrected chi connectivity index (χ4v) is 2.81. The van der Waals surface area contributed by atoms with Crippen molar-refractivity contribution in [2.24, 2.45) is 0 Å². The molecule has 0 amide bonds. The summed E-state index contributed by atoms with van der Waals surface area (Å²) < 4.78 is 25.3. The summed E-state index contributed by atoms with van der Waals surface area (Å²) in [6.07, 6.45) is 0. The molecule has 2 N–H and O–H groups in total. The SMILES string of the molecule is Nc1ccc(S(=O)Cc2cc(F)ccc2[N+](=O)[O-])cc1. The van der Waals surface area contributed by atoms with E-state index in [1.165, 1.54) is 0 Å². The topological polar surface area (TPSA) is 86.2 Å². The number of nitro groups is 1. The molecule has 1 atom stereocenters. The van der Waals surface area contributed by atoms with E-state index < -0.39 is 21.5 Å². The molecule has 0 heterocycles. The van der Waals surface area contributed by atoms with Crippen molar-refractivity contribution in [1.29, 1.82) is 0 Å². The molecule has 0 radical (unpaired) electrons. The summed E-state index contributed by atoms with van der Waals surface area (Å²) >= 11 is 0. The van der Waals surface area contributed by atoms with Crippen molar-refractivity contribution >= 4 is 22.2 Å². The molecule has 0 aliphatic carbocycles. The number of nitrogens with zero attached hydrogens (tertiary/aromatic N) is 1. The van der Waals surface area contributed by atoms with Crippen molar-refractivity contribution in [3.63, 3.8) is 0 Å². The molecular formula is C13H11FN2O3S. The van der Waals surface area contributed by atoms with Crippen LogP contribution >= 0.6 is 0 Å². The number of nitro benzene ring substituents is 1. The van der Waals surface area contributed by atoms with Gasteiger partial charge in [0.1, 0.15) is 5.82 Å². The van der Waals surface area contributed by atoms with Crippen LogP contribution in [0.2, 0.25) is 0 Å². The average Bonchev–Trinajstić information content (AvgIpc) is 2.39. The fraction of sp³-hybridized carbons (Fsp3) is 0.0769. The highest BCUT2D eigenvalue weighted by atomic mass is 32.2. The highest BCUT2D eigenvalue weighted by Crippen LogP contribution is 2.23. The highest BCUT2D eigenvalue weighted by Gasteiger charge is 2.17. The zero-order valence-corrected chi connectivity index (χ0v) is 11.1. The van der Waals surface area contributed by atoms with Crippen LogP contribution in [0.15, 0.2) is 47.4 Å². The summed E-state index contributed by atoms with van der Waals surface area (Å²) in [6, 6.07) is 9.46. The third-order valence-electron chi connectivity index (χ3n) is 2.67. The number of benzene rings is 2. The van der Waals surface area contributed by atoms with Gasteiger partial charge in [-0.2, -0.15) is 0 Å². The molecule has 2 aromatic rings. The molecule has 0 fully saturated rings. The molecule has 0 saturated heterocycles. The zero-order valence-electron chi connectivity index (χ0n) is 10.3. The van der Waals surface area contributed by atoms with Gasteiger partial charge < -0.3 is 5.73 Å². The van der Waals surface area contributed by atoms with Crippen molar-refractivity contribution in [1.82, 2.24) is 0 Å². The smallest absolute Gasteiger partial charge is 0.273 e. The minimum atomic E-state index is -1.50. The number of hydrogen-bond donors (Lipinski definition) is 1. The third kappa shape index (κ3) is 3.18. The molecule has 104 valence electrons. The van der Waals surface area contributed by atoms with Crippen molar-refractivity contribution in [3.05, 3.63) is 64.0 Å². The van der Waals surface area contributed by atoms with Crippen LogP contribution < -0.4 is 5.73 Å². The summed E-state index contributed by atoms with van der Waals surface area (Å²) in [7, 11) is -1.50. The van der Waals surface area contributed by atoms with Gasteiger partial charge in [0.05, 0.1) is 21.5 Å². The minimum Gasteiger partial charge on any atom is -0.399 e. The highest BCUT2D eigenvalue weighted by molar-refractivity contribution is 7.84. The third-order valence-corrected chi connectivity index (χ3v) is 4.04. The van der Waals surface area contributed by atoms with E-state index in [9.17, 15) is 18.7 Å². The maximum absolute atomic E-state index is 13.2. The lowest BCUT2D eigenvalue weighted by atomic mass is 10.2. The fourth-order valence-electron chi connectivity index (χ4n) is 1.69. The van der Waals surface area contributed by atoms with Gasteiger partial charge in [-0.1, -0.05) is 0 Å². The van der Waals surface area contributed by atoms with Gasteiger partial charge >= 0.3 is 0 Å². The summed E-state index contributed by atoms with van der Waals surface area (Å²) in [6.45, 7) is 0. The molecule has 20 heavy (non-hydrogen) atoms. The van der Waals surface area contributed by atoms with E-state index in [4.69, 9.17) is 5.73 Å². The quantitative estimate of drug-likeness (QED) is 0.533. The molecule has 1 unspecified atom stereocenters. The Morgan fingerprint density at radius 3 is 2.45 bits per heavy atom. The normalized spacial score (nSPS) is 12.1. The first-order chi connectivity index (χ1) is 9.47. The molecule has 0 aromatic heterocycles. The van der Waals surface area contributed by atoms with Gasteiger partial charge in [0.25, 0.3) is 5.69 Å². The van der Waals surface area contributed by atoms with Gasteiger partial charge in [-0.3, -0.25) is 14.3 Å². The Morgan fingerprint density at radius 2 is 1.85 bits per heavy atom. The maximum Gasteiger partial charge on any atom is 0.273 e. The summed E-state index contributed by atoms with van der Waals surface area (Å²) in [5, 5.41) is 10.9. The largest absolute Gasteiger partial charge is 0.399 e. The van der Waals surface area contributed by atoms with Gasteiger partial charge in [0, 0.05) is 22.2 Å². The van der Waals surface area contributed by atoms with Crippen LogP contribution in [0.1, 0.15) is 5.56 Å². The lowest BCUT2D eigenvalue weighted by Crippen LogP contribution is -2.01. The predicted octanol–water partition coefficient (Wildman–Crippen LogP) is 2.62. The molecule has 5 nitrogen and oxygen atoms in total. The van der Waals surface area contributed by atoms with Crippen LogP contribution in [0.4, 0.5) is 15.8 Å². The molecule has 0 spiro atoms. The van der Waals surface area contributed by atoms with E-state index in [1.54, 1.807) is 24.3 Å². The summed E-state index contributed by atoms with van der Waals surface area (Å²) in [5.74, 6) is -0.724. The molecular weight excluding hydrogens is 283 g/mol. The second-order valence-electron chi connectivity index (χ2n) is 4.09. The van der Waals surface area contributed by atoms with Crippen LogP contribution in [0.3, 0.4) is 0 Å². The van der Waals surface area contributed by atoms with E-state index >= 15 is 0 Å². The lowest BCUT2D eigenvalue weighted by Gasteiger charge is -2.04. The minimum absolute atomic E-state index is 0.102. The first-order valence-electron chi connectivity index (χ1n) is 5.64. The molecule has 0 saturated carbocycles. The molecule has 2 rings (SSSR count). The second-order valence-corrected chi connectivity index (χ2v) is 5.54. The van der Waals surface area contributed by atoms with Gasteiger partial charge in [-0.05, 0) is 36.4 Å². The van der Waals surface area contributed by atoms with Gasteiger partial charge in [-0.15, -0.1) is 0 Å². The van der Waals surface area contributed by atoms with Crippen molar-refractivity contribution in [3.8, 4) is 0 Å². The number of rotatable bonds is 4. The Bertz CT molecular complexity index is 674. The first kappa shape index (κ1) is 14.1. The van der Waals surface area contributed by atoms with E-state index in [1.807, 2.05) is 0 Å². The molecule has 0 bridgehead atoms. The van der Waals surface area contributed by atoms with Gasteiger partial charge in [0.15, 0.2) is 0 Å².